The van der Waals surface area contributed by atoms with E-state index in [1.54, 1.807) is 6.20 Å². The maximum absolute atomic E-state index is 4.00. The predicted molar refractivity (Wildman–Crippen MR) is 45.6 cm³/mol. The lowest BCUT2D eigenvalue weighted by Gasteiger charge is -1.93. The van der Waals surface area contributed by atoms with E-state index in [9.17, 15) is 0 Å². The fourth-order valence-electron chi connectivity index (χ4n) is 1.18. The molecule has 0 aromatic carbocycles. The van der Waals surface area contributed by atoms with E-state index in [0.29, 0.717) is 0 Å². The third-order valence-corrected chi connectivity index (χ3v) is 1.75. The minimum absolute atomic E-state index is 1.07. The van der Waals surface area contributed by atoms with Crippen LogP contribution in [0.5, 0.6) is 0 Å². The number of nitrogens with one attached hydrogen (secondary N) is 2. The van der Waals surface area contributed by atoms with Gasteiger partial charge in [-0.15, -0.1) is 0 Å². The van der Waals surface area contributed by atoms with Crippen molar-refractivity contribution in [1.29, 1.82) is 0 Å². The third-order valence-electron chi connectivity index (χ3n) is 1.75. The minimum Gasteiger partial charge on any atom is -0.386 e. The normalized spacial score (nSPS) is 10.3. The Kier molecular flexibility index (Phi) is 1.28. The Balaban J connectivity index is 2.76. The van der Waals surface area contributed by atoms with Crippen molar-refractivity contribution in [1.82, 2.24) is 9.97 Å². The number of hydrogen-bond donors (Lipinski definition) is 2. The predicted octanol–water partition coefficient (Wildman–Crippen LogP) is 1.60. The molecular weight excluding hydrogens is 138 g/mol. The lowest BCUT2D eigenvalue weighted by atomic mass is 10.3. The van der Waals surface area contributed by atoms with E-state index in [0.717, 1.165) is 11.2 Å². The summed E-state index contributed by atoms with van der Waals surface area (Å²) in [5.41, 5.74) is 2.18. The summed E-state index contributed by atoms with van der Waals surface area (Å²) in [6, 6.07) is 1.98. The zero-order valence-corrected chi connectivity index (χ0v) is 6.26. The number of anilines is 1. The van der Waals surface area contributed by atoms with Crippen molar-refractivity contribution in [3.05, 3.63) is 24.7 Å². The zero-order valence-electron chi connectivity index (χ0n) is 6.26. The van der Waals surface area contributed by atoms with Crippen LogP contribution < -0.4 is 5.32 Å². The number of rotatable bonds is 1. The van der Waals surface area contributed by atoms with Gasteiger partial charge in [0.1, 0.15) is 0 Å². The molecule has 0 unspecified atom stereocenters. The summed E-state index contributed by atoms with van der Waals surface area (Å²) in [4.78, 5) is 7.12. The van der Waals surface area contributed by atoms with Gasteiger partial charge >= 0.3 is 0 Å². The highest BCUT2D eigenvalue weighted by Crippen LogP contribution is 2.20. The van der Waals surface area contributed by atoms with Crippen molar-refractivity contribution >= 4 is 16.6 Å². The van der Waals surface area contributed by atoms with E-state index < -0.39 is 0 Å². The molecule has 2 rings (SSSR count). The van der Waals surface area contributed by atoms with Crippen LogP contribution in [0.1, 0.15) is 0 Å². The van der Waals surface area contributed by atoms with Crippen molar-refractivity contribution in [3.8, 4) is 0 Å². The monoisotopic (exact) mass is 147 g/mol. The van der Waals surface area contributed by atoms with E-state index in [-0.39, 0.29) is 0 Å². The van der Waals surface area contributed by atoms with E-state index >= 15 is 0 Å². The summed E-state index contributed by atoms with van der Waals surface area (Å²) in [6.45, 7) is 0. The molecule has 56 valence electrons. The van der Waals surface area contributed by atoms with Gasteiger partial charge in [0.2, 0.25) is 0 Å². The van der Waals surface area contributed by atoms with E-state index in [2.05, 4.69) is 15.3 Å². The Morgan fingerprint density at radius 1 is 1.55 bits per heavy atom. The average Bonchev–Trinajstić information content (AvgIpc) is 2.47. The number of pyridine rings is 1. The average molecular weight is 147 g/mol. The van der Waals surface area contributed by atoms with Crippen molar-refractivity contribution in [2.45, 2.75) is 0 Å². The Morgan fingerprint density at radius 3 is 3.27 bits per heavy atom. The number of aromatic amines is 1. The summed E-state index contributed by atoms with van der Waals surface area (Å²) in [5, 5.41) is 4.27. The summed E-state index contributed by atoms with van der Waals surface area (Å²) in [5.74, 6) is 0. The molecule has 11 heavy (non-hydrogen) atoms. The van der Waals surface area contributed by atoms with Gasteiger partial charge in [0.15, 0.2) is 0 Å². The first-order valence-electron chi connectivity index (χ1n) is 3.50. The number of hydrogen-bond acceptors (Lipinski definition) is 2. The van der Waals surface area contributed by atoms with Gasteiger partial charge in [-0.25, -0.2) is 0 Å². The molecule has 0 aliphatic carbocycles. The van der Waals surface area contributed by atoms with Crippen LogP contribution in [-0.2, 0) is 0 Å². The zero-order chi connectivity index (χ0) is 7.68. The smallest absolute Gasteiger partial charge is 0.0661 e. The summed E-state index contributed by atoms with van der Waals surface area (Å²) in [6.07, 6.45) is 5.54. The summed E-state index contributed by atoms with van der Waals surface area (Å²) < 4.78 is 0. The van der Waals surface area contributed by atoms with Gasteiger partial charge in [-0.05, 0) is 6.07 Å². The minimum atomic E-state index is 1.07. The molecule has 0 aliphatic heterocycles. The fraction of sp³-hybridized carbons (Fsp3) is 0.125. The SMILES string of the molecule is CNc1c[nH]c2cnccc12. The maximum atomic E-state index is 4.00. The van der Waals surface area contributed by atoms with Crippen molar-refractivity contribution in [2.24, 2.45) is 0 Å². The lowest BCUT2D eigenvalue weighted by molar-refractivity contribution is 1.34. The highest BCUT2D eigenvalue weighted by Gasteiger charge is 1.98. The standard InChI is InChI=1S/C8H9N3/c1-9-7-5-11-8-4-10-3-2-6(7)8/h2-5,9,11H,1H3. The third kappa shape index (κ3) is 0.852. The highest BCUT2D eigenvalue weighted by atomic mass is 14.9. The van der Waals surface area contributed by atoms with E-state index in [1.807, 2.05) is 25.5 Å². The molecule has 2 heterocycles. The van der Waals surface area contributed by atoms with E-state index in [4.69, 9.17) is 0 Å². The van der Waals surface area contributed by atoms with Crippen LogP contribution in [0.25, 0.3) is 10.9 Å². The molecule has 0 saturated heterocycles. The van der Waals surface area contributed by atoms with Crippen molar-refractivity contribution < 1.29 is 0 Å². The van der Waals surface area contributed by atoms with Crippen molar-refractivity contribution in [3.63, 3.8) is 0 Å². The second kappa shape index (κ2) is 2.27. The Labute approximate surface area is 64.5 Å². The number of fused-ring (bicyclic) bond motifs is 1. The van der Waals surface area contributed by atoms with Crippen LogP contribution in [0.4, 0.5) is 5.69 Å². The van der Waals surface area contributed by atoms with Gasteiger partial charge in [0.05, 0.1) is 17.4 Å². The van der Waals surface area contributed by atoms with Gasteiger partial charge in [0, 0.05) is 24.8 Å². The quantitative estimate of drug-likeness (QED) is 0.643. The molecule has 2 aromatic rings. The highest BCUT2D eigenvalue weighted by molar-refractivity contribution is 5.91. The van der Waals surface area contributed by atoms with Gasteiger partial charge < -0.3 is 10.3 Å². The molecule has 0 spiro atoms. The first-order chi connectivity index (χ1) is 5.42. The van der Waals surface area contributed by atoms with Crippen molar-refractivity contribution in [2.75, 3.05) is 12.4 Å². The maximum Gasteiger partial charge on any atom is 0.0661 e. The van der Waals surface area contributed by atoms with E-state index in [1.165, 1.54) is 5.39 Å². The van der Waals surface area contributed by atoms with Crippen LogP contribution in [0, 0.1) is 0 Å². The first kappa shape index (κ1) is 6.22. The Bertz CT molecular complexity index is 364. The van der Waals surface area contributed by atoms with Crippen LogP contribution in [0.15, 0.2) is 24.7 Å². The molecule has 0 bridgehead atoms. The van der Waals surface area contributed by atoms with Crippen LogP contribution in [0.3, 0.4) is 0 Å². The largest absolute Gasteiger partial charge is 0.386 e. The summed E-state index contributed by atoms with van der Waals surface area (Å²) in [7, 11) is 1.91. The summed E-state index contributed by atoms with van der Waals surface area (Å²) >= 11 is 0. The molecule has 2 aromatic heterocycles. The van der Waals surface area contributed by atoms with Crippen LogP contribution in [0.2, 0.25) is 0 Å². The number of aromatic nitrogens is 2. The van der Waals surface area contributed by atoms with Gasteiger partial charge in [-0.1, -0.05) is 0 Å². The molecular formula is C8H9N3. The molecule has 3 nitrogen and oxygen atoms in total. The Hall–Kier alpha value is -1.51. The van der Waals surface area contributed by atoms with Crippen LogP contribution >= 0.6 is 0 Å². The molecule has 0 aliphatic rings. The molecule has 0 amide bonds. The Morgan fingerprint density at radius 2 is 2.45 bits per heavy atom. The molecule has 0 saturated carbocycles. The van der Waals surface area contributed by atoms with Gasteiger partial charge in [-0.2, -0.15) is 0 Å². The van der Waals surface area contributed by atoms with Gasteiger partial charge in [0.25, 0.3) is 0 Å². The molecule has 0 fully saturated rings. The second-order valence-electron chi connectivity index (χ2n) is 2.37. The molecule has 0 atom stereocenters. The topological polar surface area (TPSA) is 40.7 Å². The van der Waals surface area contributed by atoms with Gasteiger partial charge in [-0.3, -0.25) is 4.98 Å². The number of H-pyrrole nitrogens is 1. The molecule has 3 heteroatoms. The molecule has 0 radical (unpaired) electrons. The fourth-order valence-corrected chi connectivity index (χ4v) is 1.18. The van der Waals surface area contributed by atoms with Crippen LogP contribution in [-0.4, -0.2) is 17.0 Å². The molecule has 2 N–H and O–H groups in total. The second-order valence-corrected chi connectivity index (χ2v) is 2.37. The lowest BCUT2D eigenvalue weighted by Crippen LogP contribution is -1.84. The number of nitrogens with zero attached hydrogens (tertiary/aromatic N) is 1. The first-order valence-corrected chi connectivity index (χ1v) is 3.50.